The van der Waals surface area contributed by atoms with Crippen LogP contribution in [0, 0.1) is 0 Å². The molecule has 158 valence electrons. The number of aliphatic imine (C=N–C) groups is 1. The number of guanidine groups is 1. The molecule has 0 bridgehead atoms. The van der Waals surface area contributed by atoms with Gasteiger partial charge in [-0.15, -0.1) is 0 Å². The summed E-state index contributed by atoms with van der Waals surface area (Å²) < 4.78 is 40.1. The van der Waals surface area contributed by atoms with E-state index in [0.29, 0.717) is 36.3 Å². The van der Waals surface area contributed by atoms with Gasteiger partial charge in [0, 0.05) is 20.1 Å². The summed E-state index contributed by atoms with van der Waals surface area (Å²) in [4.78, 5) is 4.20. The molecular weight excluding hydrogens is 380 g/mol. The van der Waals surface area contributed by atoms with Crippen LogP contribution in [0.25, 0.3) is 0 Å². The maximum atomic E-state index is 12.3. The number of nitrogens with one attached hydrogen (secondary N) is 2. The highest BCUT2D eigenvalue weighted by Crippen LogP contribution is 2.27. The molecule has 0 aliphatic heterocycles. The smallest absolute Gasteiger partial charge is 0.272 e. The first-order valence-electron chi connectivity index (χ1n) is 9.21. The molecule has 0 amide bonds. The number of rotatable bonds is 10. The Hall–Kier alpha value is -3.03. The molecule has 2 rings (SSSR count). The molecule has 0 aromatic heterocycles. The zero-order valence-corrected chi connectivity index (χ0v) is 16.9. The Kier molecular flexibility index (Phi) is 9.01. The van der Waals surface area contributed by atoms with Gasteiger partial charge in [0.1, 0.15) is 12.4 Å². The van der Waals surface area contributed by atoms with Crippen molar-refractivity contribution in [2.75, 3.05) is 34.4 Å². The monoisotopic (exact) mass is 407 g/mol. The minimum Gasteiger partial charge on any atom is -0.493 e. The zero-order valence-electron chi connectivity index (χ0n) is 16.9. The lowest BCUT2D eigenvalue weighted by atomic mass is 10.1. The van der Waals surface area contributed by atoms with Crippen molar-refractivity contribution in [2.24, 2.45) is 4.99 Å². The van der Waals surface area contributed by atoms with E-state index in [-0.39, 0.29) is 0 Å². The van der Waals surface area contributed by atoms with Gasteiger partial charge in [-0.05, 0) is 41.8 Å². The van der Waals surface area contributed by atoms with Crippen LogP contribution in [0.3, 0.4) is 0 Å². The van der Waals surface area contributed by atoms with E-state index in [1.165, 1.54) is 0 Å². The van der Waals surface area contributed by atoms with Gasteiger partial charge >= 0.3 is 0 Å². The number of hydrogen-bond donors (Lipinski definition) is 2. The van der Waals surface area contributed by atoms with Gasteiger partial charge in [0.05, 0.1) is 14.2 Å². The normalized spacial score (nSPS) is 11.3. The molecule has 8 heteroatoms. The van der Waals surface area contributed by atoms with Crippen molar-refractivity contribution in [3.8, 4) is 17.2 Å². The van der Waals surface area contributed by atoms with Crippen LogP contribution in [0.5, 0.6) is 17.2 Å². The number of ether oxygens (including phenoxy) is 3. The van der Waals surface area contributed by atoms with E-state index in [1.807, 2.05) is 24.3 Å². The molecule has 0 atom stereocenters. The standard InChI is InChI=1S/C21H27F2N3O3/c1-24-21(25-10-9-15-7-8-18(27-2)19(12-15)28-3)26-13-16-5-4-6-17(11-16)29-14-20(22)23/h4-8,11-12,20H,9-10,13-14H2,1-3H3,(H2,24,25,26). The lowest BCUT2D eigenvalue weighted by molar-refractivity contribution is 0.0818. The maximum absolute atomic E-state index is 12.3. The van der Waals surface area contributed by atoms with Crippen LogP contribution < -0.4 is 24.8 Å². The third-order valence-corrected chi connectivity index (χ3v) is 4.11. The van der Waals surface area contributed by atoms with Crippen molar-refractivity contribution in [1.82, 2.24) is 10.6 Å². The first kappa shape index (κ1) is 22.3. The predicted octanol–water partition coefficient (Wildman–Crippen LogP) is 3.26. The van der Waals surface area contributed by atoms with Gasteiger partial charge < -0.3 is 24.8 Å². The summed E-state index contributed by atoms with van der Waals surface area (Å²) in [6.45, 7) is 0.546. The number of methoxy groups -OCH3 is 2. The molecule has 0 saturated heterocycles. The van der Waals surface area contributed by atoms with Crippen LogP contribution in [-0.2, 0) is 13.0 Å². The maximum Gasteiger partial charge on any atom is 0.272 e. The van der Waals surface area contributed by atoms with Crippen molar-refractivity contribution in [2.45, 2.75) is 19.4 Å². The summed E-state index contributed by atoms with van der Waals surface area (Å²) in [6, 6.07) is 12.9. The second-order valence-corrected chi connectivity index (χ2v) is 6.14. The van der Waals surface area contributed by atoms with Crippen LogP contribution in [-0.4, -0.2) is 46.8 Å². The average molecular weight is 407 g/mol. The van der Waals surface area contributed by atoms with Crippen molar-refractivity contribution in [3.05, 3.63) is 53.6 Å². The molecule has 29 heavy (non-hydrogen) atoms. The molecule has 0 saturated carbocycles. The van der Waals surface area contributed by atoms with Crippen molar-refractivity contribution < 1.29 is 23.0 Å². The summed E-state index contributed by atoms with van der Waals surface area (Å²) in [6.07, 6.45) is -1.72. The molecule has 0 heterocycles. The topological polar surface area (TPSA) is 64.1 Å². The Labute approximate surface area is 169 Å². The molecule has 6 nitrogen and oxygen atoms in total. The number of halogens is 2. The van der Waals surface area contributed by atoms with Crippen molar-refractivity contribution in [1.29, 1.82) is 0 Å². The molecule has 2 aromatic rings. The third kappa shape index (κ3) is 7.48. The van der Waals surface area contributed by atoms with Gasteiger partial charge in [0.2, 0.25) is 0 Å². The van der Waals surface area contributed by atoms with Gasteiger partial charge in [-0.1, -0.05) is 18.2 Å². The van der Waals surface area contributed by atoms with Gasteiger partial charge in [0.25, 0.3) is 6.43 Å². The highest BCUT2D eigenvalue weighted by Gasteiger charge is 2.06. The fraction of sp³-hybridized carbons (Fsp3) is 0.381. The number of nitrogens with zero attached hydrogens (tertiary/aromatic N) is 1. The molecule has 0 aliphatic carbocycles. The molecule has 0 spiro atoms. The third-order valence-electron chi connectivity index (χ3n) is 4.11. The molecule has 0 radical (unpaired) electrons. The minimum atomic E-state index is -2.49. The first-order valence-corrected chi connectivity index (χ1v) is 9.21. The van der Waals surface area contributed by atoms with Gasteiger partial charge in [0.15, 0.2) is 17.5 Å². The van der Waals surface area contributed by atoms with Crippen molar-refractivity contribution >= 4 is 5.96 Å². The Morgan fingerprint density at radius 3 is 2.48 bits per heavy atom. The van der Waals surface area contributed by atoms with E-state index in [4.69, 9.17) is 14.2 Å². The minimum absolute atomic E-state index is 0.418. The fourth-order valence-corrected chi connectivity index (χ4v) is 2.67. The van der Waals surface area contributed by atoms with E-state index in [0.717, 1.165) is 17.5 Å². The summed E-state index contributed by atoms with van der Waals surface area (Å²) in [5, 5.41) is 6.44. The quantitative estimate of drug-likeness (QED) is 0.468. The predicted molar refractivity (Wildman–Crippen MR) is 109 cm³/mol. The number of benzene rings is 2. The SMILES string of the molecule is CN=C(NCCc1ccc(OC)c(OC)c1)NCc1cccc(OCC(F)F)c1. The van der Waals surface area contributed by atoms with Crippen LogP contribution in [0.15, 0.2) is 47.5 Å². The molecular formula is C21H27F2N3O3. The van der Waals surface area contributed by atoms with Crippen LogP contribution in [0.4, 0.5) is 8.78 Å². The average Bonchev–Trinajstić information content (AvgIpc) is 2.74. The molecule has 0 aliphatic rings. The summed E-state index contributed by atoms with van der Waals surface area (Å²) in [5.41, 5.74) is 2.01. The fourth-order valence-electron chi connectivity index (χ4n) is 2.67. The molecule has 0 unspecified atom stereocenters. The Morgan fingerprint density at radius 1 is 1.00 bits per heavy atom. The summed E-state index contributed by atoms with van der Waals surface area (Å²) in [7, 11) is 4.91. The highest BCUT2D eigenvalue weighted by atomic mass is 19.3. The van der Waals surface area contributed by atoms with Crippen LogP contribution in [0.1, 0.15) is 11.1 Å². The number of hydrogen-bond acceptors (Lipinski definition) is 4. The van der Waals surface area contributed by atoms with Crippen molar-refractivity contribution in [3.63, 3.8) is 0 Å². The van der Waals surface area contributed by atoms with Gasteiger partial charge in [-0.2, -0.15) is 0 Å². The Bertz CT molecular complexity index is 800. The number of alkyl halides is 2. The Balaban J connectivity index is 1.82. The molecule has 2 N–H and O–H groups in total. The van der Waals surface area contributed by atoms with Crippen LogP contribution in [0.2, 0.25) is 0 Å². The van der Waals surface area contributed by atoms with E-state index in [2.05, 4.69) is 15.6 Å². The Morgan fingerprint density at radius 2 is 1.79 bits per heavy atom. The summed E-state index contributed by atoms with van der Waals surface area (Å²) >= 11 is 0. The lowest BCUT2D eigenvalue weighted by Gasteiger charge is -2.13. The van der Waals surface area contributed by atoms with E-state index in [9.17, 15) is 8.78 Å². The van der Waals surface area contributed by atoms with E-state index < -0.39 is 13.0 Å². The van der Waals surface area contributed by atoms with Crippen LogP contribution >= 0.6 is 0 Å². The van der Waals surface area contributed by atoms with E-state index >= 15 is 0 Å². The molecule has 0 fully saturated rings. The largest absolute Gasteiger partial charge is 0.493 e. The van der Waals surface area contributed by atoms with Gasteiger partial charge in [-0.3, -0.25) is 4.99 Å². The first-order chi connectivity index (χ1) is 14.0. The second kappa shape index (κ2) is 11.7. The van der Waals surface area contributed by atoms with Gasteiger partial charge in [-0.25, -0.2) is 8.78 Å². The summed E-state index contributed by atoms with van der Waals surface area (Å²) in [5.74, 6) is 2.45. The van der Waals surface area contributed by atoms with E-state index in [1.54, 1.807) is 39.5 Å². The zero-order chi connectivity index (χ0) is 21.1. The molecule has 2 aromatic carbocycles. The lowest BCUT2D eigenvalue weighted by Crippen LogP contribution is -2.37. The second-order valence-electron chi connectivity index (χ2n) is 6.14. The highest BCUT2D eigenvalue weighted by molar-refractivity contribution is 5.79.